The van der Waals surface area contributed by atoms with E-state index < -0.39 is 5.95 Å². The fourth-order valence-electron chi connectivity index (χ4n) is 0.980. The van der Waals surface area contributed by atoms with Crippen molar-refractivity contribution in [1.82, 2.24) is 4.98 Å². The molecule has 0 bridgehead atoms. The molecule has 0 saturated heterocycles. The average Bonchev–Trinajstić information content (AvgIpc) is 2.09. The summed E-state index contributed by atoms with van der Waals surface area (Å²) < 4.78 is 12.6. The van der Waals surface area contributed by atoms with Crippen molar-refractivity contribution < 1.29 is 4.39 Å². The highest BCUT2D eigenvalue weighted by atomic mass is 79.9. The second-order valence-corrected chi connectivity index (χ2v) is 3.54. The predicted octanol–water partition coefficient (Wildman–Crippen LogP) is 3.33. The molecule has 3 heteroatoms. The number of aryl methyl sites for hydroxylation is 1. The van der Waals surface area contributed by atoms with Crippen LogP contribution in [-0.4, -0.2) is 10.3 Å². The van der Waals surface area contributed by atoms with Gasteiger partial charge in [0.2, 0.25) is 5.95 Å². The molecule has 0 amide bonds. The summed E-state index contributed by atoms with van der Waals surface area (Å²) in [6.45, 7) is 1.87. The molecule has 1 aromatic rings. The predicted molar refractivity (Wildman–Crippen MR) is 56.4 cm³/mol. The third-order valence-corrected chi connectivity index (χ3v) is 2.15. The highest BCUT2D eigenvalue weighted by Crippen LogP contribution is 2.09. The lowest BCUT2D eigenvalue weighted by Crippen LogP contribution is -1.87. The summed E-state index contributed by atoms with van der Waals surface area (Å²) in [7, 11) is 0. The van der Waals surface area contributed by atoms with E-state index in [1.54, 1.807) is 6.20 Å². The van der Waals surface area contributed by atoms with Crippen molar-refractivity contribution in [3.8, 4) is 0 Å². The second kappa shape index (κ2) is 5.12. The minimum absolute atomic E-state index is 0.421. The number of hydrogen-bond donors (Lipinski definition) is 0. The maximum atomic E-state index is 12.6. The zero-order chi connectivity index (χ0) is 9.68. The summed E-state index contributed by atoms with van der Waals surface area (Å²) in [6.07, 6.45) is 6.52. The van der Waals surface area contributed by atoms with Gasteiger partial charge in [0, 0.05) is 11.5 Å². The lowest BCUT2D eigenvalue weighted by Gasteiger charge is -1.98. The quantitative estimate of drug-likeness (QED) is 0.587. The molecule has 0 unspecified atom stereocenters. The van der Waals surface area contributed by atoms with Crippen molar-refractivity contribution in [2.75, 3.05) is 5.33 Å². The van der Waals surface area contributed by atoms with Crippen molar-refractivity contribution in [2.24, 2.45) is 0 Å². The van der Waals surface area contributed by atoms with Crippen LogP contribution in [-0.2, 0) is 0 Å². The van der Waals surface area contributed by atoms with Crippen LogP contribution in [0.2, 0.25) is 0 Å². The zero-order valence-electron chi connectivity index (χ0n) is 7.43. The maximum absolute atomic E-state index is 12.6. The van der Waals surface area contributed by atoms with E-state index in [2.05, 4.69) is 20.9 Å². The van der Waals surface area contributed by atoms with Crippen LogP contribution in [0.5, 0.6) is 0 Å². The molecular weight excluding hydrogens is 233 g/mol. The Kier molecular flexibility index (Phi) is 4.09. The van der Waals surface area contributed by atoms with Crippen molar-refractivity contribution in [3.05, 3.63) is 35.4 Å². The van der Waals surface area contributed by atoms with Crippen molar-refractivity contribution in [2.45, 2.75) is 13.3 Å². The fourth-order valence-corrected chi connectivity index (χ4v) is 1.24. The van der Waals surface area contributed by atoms with Crippen LogP contribution in [0.3, 0.4) is 0 Å². The third kappa shape index (κ3) is 3.27. The molecule has 70 valence electrons. The van der Waals surface area contributed by atoms with Crippen LogP contribution >= 0.6 is 15.9 Å². The van der Waals surface area contributed by atoms with Crippen LogP contribution in [0.15, 0.2) is 18.3 Å². The molecule has 0 spiro atoms. The molecule has 1 rings (SSSR count). The van der Waals surface area contributed by atoms with Crippen LogP contribution in [0.25, 0.3) is 6.08 Å². The van der Waals surface area contributed by atoms with Gasteiger partial charge >= 0.3 is 0 Å². The molecule has 0 aliphatic carbocycles. The summed E-state index contributed by atoms with van der Waals surface area (Å²) >= 11 is 3.33. The Balaban J connectivity index is 2.77. The van der Waals surface area contributed by atoms with Gasteiger partial charge in [-0.2, -0.15) is 4.39 Å². The van der Waals surface area contributed by atoms with Gasteiger partial charge in [-0.05, 0) is 30.5 Å². The van der Waals surface area contributed by atoms with E-state index in [1.165, 1.54) is 6.07 Å². The first-order valence-electron chi connectivity index (χ1n) is 4.08. The molecular formula is C10H11BrFN. The Morgan fingerprint density at radius 2 is 2.38 bits per heavy atom. The van der Waals surface area contributed by atoms with Gasteiger partial charge in [0.25, 0.3) is 0 Å². The number of rotatable bonds is 3. The van der Waals surface area contributed by atoms with E-state index in [-0.39, 0.29) is 0 Å². The molecule has 0 saturated carbocycles. The van der Waals surface area contributed by atoms with Gasteiger partial charge in [0.15, 0.2) is 0 Å². The maximum Gasteiger partial charge on any atom is 0.213 e. The van der Waals surface area contributed by atoms with Crippen molar-refractivity contribution >= 4 is 22.0 Å². The standard InChI is InChI=1S/C10H11BrFN/c1-8-6-10(12)13-7-9(8)4-2-3-5-11/h2,4,6-7H,3,5H2,1H3. The first kappa shape index (κ1) is 10.4. The molecule has 0 aliphatic rings. The summed E-state index contributed by atoms with van der Waals surface area (Å²) in [5, 5.41) is 0.942. The minimum atomic E-state index is -0.421. The van der Waals surface area contributed by atoms with E-state index in [9.17, 15) is 4.39 Å². The summed E-state index contributed by atoms with van der Waals surface area (Å²) in [5.41, 5.74) is 1.89. The van der Waals surface area contributed by atoms with E-state index in [4.69, 9.17) is 0 Å². The molecule has 1 aromatic heterocycles. The lowest BCUT2D eigenvalue weighted by molar-refractivity contribution is 0.582. The molecule has 0 atom stereocenters. The Morgan fingerprint density at radius 3 is 3.00 bits per heavy atom. The third-order valence-electron chi connectivity index (χ3n) is 1.69. The van der Waals surface area contributed by atoms with Crippen molar-refractivity contribution in [1.29, 1.82) is 0 Å². The van der Waals surface area contributed by atoms with E-state index in [1.807, 2.05) is 19.1 Å². The number of nitrogens with zero attached hydrogens (tertiary/aromatic N) is 1. The molecule has 1 nitrogen and oxygen atoms in total. The Labute approximate surface area is 85.8 Å². The van der Waals surface area contributed by atoms with E-state index in [0.29, 0.717) is 0 Å². The van der Waals surface area contributed by atoms with Crippen LogP contribution < -0.4 is 0 Å². The lowest BCUT2D eigenvalue weighted by atomic mass is 10.1. The van der Waals surface area contributed by atoms with Crippen molar-refractivity contribution in [3.63, 3.8) is 0 Å². The van der Waals surface area contributed by atoms with Crippen LogP contribution in [0.1, 0.15) is 17.5 Å². The van der Waals surface area contributed by atoms with Gasteiger partial charge in [-0.3, -0.25) is 0 Å². The Hall–Kier alpha value is -0.700. The average molecular weight is 244 g/mol. The first-order chi connectivity index (χ1) is 6.24. The summed E-state index contributed by atoms with van der Waals surface area (Å²) in [4.78, 5) is 3.59. The number of hydrogen-bond acceptors (Lipinski definition) is 1. The van der Waals surface area contributed by atoms with Gasteiger partial charge in [0.05, 0.1) is 0 Å². The molecule has 13 heavy (non-hydrogen) atoms. The highest BCUT2D eigenvalue weighted by Gasteiger charge is 1.96. The Morgan fingerprint density at radius 1 is 1.62 bits per heavy atom. The molecule has 0 fully saturated rings. The zero-order valence-corrected chi connectivity index (χ0v) is 9.01. The topological polar surface area (TPSA) is 12.9 Å². The molecule has 0 aliphatic heterocycles. The van der Waals surface area contributed by atoms with Gasteiger partial charge in [-0.15, -0.1) is 0 Å². The van der Waals surface area contributed by atoms with Gasteiger partial charge in [0.1, 0.15) is 0 Å². The number of aromatic nitrogens is 1. The number of pyridine rings is 1. The number of halogens is 2. The molecule has 0 radical (unpaired) electrons. The molecule has 0 aromatic carbocycles. The largest absolute Gasteiger partial charge is 0.228 e. The van der Waals surface area contributed by atoms with Gasteiger partial charge in [-0.1, -0.05) is 28.1 Å². The first-order valence-corrected chi connectivity index (χ1v) is 5.21. The SMILES string of the molecule is Cc1cc(F)ncc1C=CCCBr. The molecule has 0 N–H and O–H groups in total. The van der Waals surface area contributed by atoms with Gasteiger partial charge < -0.3 is 0 Å². The number of allylic oxidation sites excluding steroid dienone is 1. The van der Waals surface area contributed by atoms with Gasteiger partial charge in [-0.25, -0.2) is 4.98 Å². The smallest absolute Gasteiger partial charge is 0.213 e. The minimum Gasteiger partial charge on any atom is -0.228 e. The van der Waals surface area contributed by atoms with E-state index in [0.717, 1.165) is 22.9 Å². The molecule has 1 heterocycles. The van der Waals surface area contributed by atoms with Crippen LogP contribution in [0, 0.1) is 12.9 Å². The Bertz CT molecular complexity index is 310. The second-order valence-electron chi connectivity index (χ2n) is 2.74. The van der Waals surface area contributed by atoms with E-state index >= 15 is 0 Å². The normalized spacial score (nSPS) is 11.0. The number of alkyl halides is 1. The highest BCUT2D eigenvalue weighted by molar-refractivity contribution is 9.09. The summed E-state index contributed by atoms with van der Waals surface area (Å²) in [5.74, 6) is -0.421. The monoisotopic (exact) mass is 243 g/mol. The fraction of sp³-hybridized carbons (Fsp3) is 0.300. The van der Waals surface area contributed by atoms with Crippen LogP contribution in [0.4, 0.5) is 4.39 Å². The summed E-state index contributed by atoms with van der Waals surface area (Å²) in [6, 6.07) is 1.44.